The maximum atomic E-state index is 6.83. The predicted molar refractivity (Wildman–Crippen MR) is 114 cm³/mol. The number of rotatable bonds is 9. The van der Waals surface area contributed by atoms with Crippen LogP contribution in [0.15, 0.2) is 60.7 Å². The molecule has 2 nitrogen and oxygen atoms in total. The smallest absolute Gasteiger partial charge is 0.261 e. The van der Waals surface area contributed by atoms with E-state index in [1.807, 2.05) is 0 Å². The highest BCUT2D eigenvalue weighted by Gasteiger charge is 2.49. The molecule has 0 aliphatic heterocycles. The quantitative estimate of drug-likeness (QED) is 0.473. The summed E-state index contributed by atoms with van der Waals surface area (Å²) in [7, 11) is -2.39. The van der Waals surface area contributed by atoms with Crippen molar-refractivity contribution in [1.82, 2.24) is 0 Å². The van der Waals surface area contributed by atoms with Gasteiger partial charge < -0.3 is 9.16 Å². The molecule has 0 fully saturated rings. The van der Waals surface area contributed by atoms with E-state index in [0.717, 1.165) is 26.2 Å². The maximum Gasteiger partial charge on any atom is 0.261 e. The molecule has 26 heavy (non-hydrogen) atoms. The molecule has 0 unspecified atom stereocenters. The summed E-state index contributed by atoms with van der Waals surface area (Å²) in [6, 6.07) is 21.6. The van der Waals surface area contributed by atoms with Gasteiger partial charge in [0.15, 0.2) is 0 Å². The Hall–Kier alpha value is -1.42. The first-order valence-electron chi connectivity index (χ1n) is 9.70. The van der Waals surface area contributed by atoms with Crippen molar-refractivity contribution in [2.45, 2.75) is 46.1 Å². The molecule has 2 rings (SSSR count). The highest BCUT2D eigenvalue weighted by molar-refractivity contribution is 6.99. The minimum absolute atomic E-state index is 0.0362. The molecule has 0 aliphatic carbocycles. The first-order chi connectivity index (χ1) is 12.4. The van der Waals surface area contributed by atoms with Gasteiger partial charge in [-0.1, -0.05) is 95.3 Å². The topological polar surface area (TPSA) is 18.5 Å². The zero-order chi connectivity index (χ0) is 19.0. The van der Waals surface area contributed by atoms with Crippen LogP contribution in [0.4, 0.5) is 0 Å². The highest BCUT2D eigenvalue weighted by atomic mass is 28.4. The van der Waals surface area contributed by atoms with Gasteiger partial charge in [0.05, 0.1) is 0 Å². The lowest BCUT2D eigenvalue weighted by Gasteiger charge is -2.43. The molecule has 3 heteroatoms. The fourth-order valence-corrected chi connectivity index (χ4v) is 8.07. The van der Waals surface area contributed by atoms with Crippen molar-refractivity contribution in [1.29, 1.82) is 0 Å². The molecule has 142 valence electrons. The van der Waals surface area contributed by atoms with Crippen molar-refractivity contribution in [3.63, 3.8) is 0 Å². The van der Waals surface area contributed by atoms with Crippen LogP contribution in [-0.2, 0) is 9.16 Å². The molecule has 0 aliphatic rings. The third-order valence-electron chi connectivity index (χ3n) is 4.62. The average molecular weight is 371 g/mol. The zero-order valence-electron chi connectivity index (χ0n) is 17.0. The van der Waals surface area contributed by atoms with Crippen LogP contribution < -0.4 is 10.4 Å². The molecule has 0 heterocycles. The van der Waals surface area contributed by atoms with Gasteiger partial charge in [0, 0.05) is 19.8 Å². The summed E-state index contributed by atoms with van der Waals surface area (Å²) in [6.07, 6.45) is 0.928. The summed E-state index contributed by atoms with van der Waals surface area (Å²) >= 11 is 0. The Labute approximate surface area is 160 Å². The van der Waals surface area contributed by atoms with Gasteiger partial charge in [0.25, 0.3) is 8.32 Å². The number of hydrogen-bond acceptors (Lipinski definition) is 2. The summed E-state index contributed by atoms with van der Waals surface area (Å²) in [5, 5.41) is 2.71. The van der Waals surface area contributed by atoms with Crippen molar-refractivity contribution in [3.05, 3.63) is 60.7 Å². The molecule has 0 spiro atoms. The Bertz CT molecular complexity index is 593. The Morgan fingerprint density at radius 1 is 0.808 bits per heavy atom. The van der Waals surface area contributed by atoms with Crippen LogP contribution in [0.5, 0.6) is 0 Å². The molecule has 0 N–H and O–H groups in total. The Morgan fingerprint density at radius 2 is 1.31 bits per heavy atom. The van der Waals surface area contributed by atoms with Crippen molar-refractivity contribution in [2.75, 3.05) is 19.8 Å². The summed E-state index contributed by atoms with van der Waals surface area (Å²) in [6.45, 7) is 13.6. The van der Waals surface area contributed by atoms with Crippen LogP contribution in [0.25, 0.3) is 0 Å². The summed E-state index contributed by atoms with van der Waals surface area (Å²) in [5.41, 5.74) is 0. The van der Waals surface area contributed by atoms with Crippen molar-refractivity contribution in [2.24, 2.45) is 5.92 Å². The molecule has 0 saturated heterocycles. The van der Waals surface area contributed by atoms with Crippen LogP contribution in [0.2, 0.25) is 5.04 Å². The summed E-state index contributed by atoms with van der Waals surface area (Å²) in [4.78, 5) is 0. The predicted octanol–water partition coefficient (Wildman–Crippen LogP) is 4.63. The molecule has 0 bridgehead atoms. The molecule has 0 saturated carbocycles. The van der Waals surface area contributed by atoms with E-state index in [-0.39, 0.29) is 5.04 Å². The summed E-state index contributed by atoms with van der Waals surface area (Å²) in [5.74, 6) is 0.576. The first kappa shape index (κ1) is 20.9. The third-order valence-corrected chi connectivity index (χ3v) is 9.66. The van der Waals surface area contributed by atoms with Gasteiger partial charge in [0.1, 0.15) is 0 Å². The van der Waals surface area contributed by atoms with Crippen molar-refractivity contribution >= 4 is 18.7 Å². The molecule has 2 aromatic rings. The van der Waals surface area contributed by atoms with E-state index in [1.165, 1.54) is 10.4 Å². The average Bonchev–Trinajstić information content (AvgIpc) is 2.61. The van der Waals surface area contributed by atoms with E-state index in [4.69, 9.17) is 9.16 Å². The van der Waals surface area contributed by atoms with Gasteiger partial charge in [-0.15, -0.1) is 0 Å². The van der Waals surface area contributed by atoms with Crippen LogP contribution in [-0.4, -0.2) is 28.1 Å². The van der Waals surface area contributed by atoms with Gasteiger partial charge in [-0.25, -0.2) is 0 Å². The monoisotopic (exact) mass is 370 g/mol. The van der Waals surface area contributed by atoms with Gasteiger partial charge in [-0.05, 0) is 27.8 Å². The Balaban J connectivity index is 2.26. The molecule has 0 atom stereocenters. The van der Waals surface area contributed by atoms with Gasteiger partial charge >= 0.3 is 0 Å². The van der Waals surface area contributed by atoms with Gasteiger partial charge in [-0.2, -0.15) is 0 Å². The van der Waals surface area contributed by atoms with Crippen LogP contribution in [0, 0.1) is 5.92 Å². The van der Waals surface area contributed by atoms with Crippen molar-refractivity contribution in [3.8, 4) is 0 Å². The molecule has 0 aromatic heterocycles. The normalized spacial score (nSPS) is 12.5. The molecule has 0 radical (unpaired) electrons. The van der Waals surface area contributed by atoms with Crippen LogP contribution in [0.3, 0.4) is 0 Å². The number of ether oxygens (including phenoxy) is 1. The minimum Gasteiger partial charge on any atom is -0.407 e. The van der Waals surface area contributed by atoms with E-state index in [9.17, 15) is 0 Å². The fraction of sp³-hybridized carbons (Fsp3) is 0.478. The van der Waals surface area contributed by atoms with E-state index < -0.39 is 8.32 Å². The van der Waals surface area contributed by atoms with Gasteiger partial charge in [-0.3, -0.25) is 0 Å². The highest BCUT2D eigenvalue weighted by Crippen LogP contribution is 2.36. The molecular weight excluding hydrogens is 336 g/mol. The van der Waals surface area contributed by atoms with E-state index in [0.29, 0.717) is 5.92 Å². The third kappa shape index (κ3) is 5.06. The minimum atomic E-state index is -2.39. The van der Waals surface area contributed by atoms with Crippen molar-refractivity contribution < 1.29 is 9.16 Å². The Morgan fingerprint density at radius 3 is 1.73 bits per heavy atom. The standard InChI is InChI=1S/C23H34O2Si/c1-20(2)19-24-17-12-18-25-26(23(3,4)5,21-13-8-6-9-14-21)22-15-10-7-11-16-22/h6-11,13-16,20H,12,17-19H2,1-5H3. The second-order valence-electron chi connectivity index (χ2n) is 8.33. The second-order valence-corrected chi connectivity index (χ2v) is 12.6. The van der Waals surface area contributed by atoms with E-state index >= 15 is 0 Å². The largest absolute Gasteiger partial charge is 0.407 e. The lowest BCUT2D eigenvalue weighted by molar-refractivity contribution is 0.0970. The SMILES string of the molecule is CC(C)COCCCO[Si](c1ccccc1)(c1ccccc1)C(C)(C)C. The maximum absolute atomic E-state index is 6.83. The van der Waals surface area contributed by atoms with Gasteiger partial charge in [0.2, 0.25) is 0 Å². The lowest BCUT2D eigenvalue weighted by atomic mass is 10.2. The summed E-state index contributed by atoms with van der Waals surface area (Å²) < 4.78 is 12.6. The van der Waals surface area contributed by atoms with E-state index in [1.54, 1.807) is 0 Å². The molecule has 2 aromatic carbocycles. The van der Waals surface area contributed by atoms with Crippen LogP contribution in [0.1, 0.15) is 41.0 Å². The van der Waals surface area contributed by atoms with E-state index in [2.05, 4.69) is 95.3 Å². The number of benzene rings is 2. The molecular formula is C23H34O2Si. The fourth-order valence-electron chi connectivity index (χ4n) is 3.47. The zero-order valence-corrected chi connectivity index (χ0v) is 18.0. The number of hydrogen-bond donors (Lipinski definition) is 0. The first-order valence-corrected chi connectivity index (χ1v) is 11.6. The second kappa shape index (κ2) is 9.49. The lowest BCUT2D eigenvalue weighted by Crippen LogP contribution is -2.66. The molecule has 0 amide bonds. The Kier molecular flexibility index (Phi) is 7.63. The van der Waals surface area contributed by atoms with Crippen LogP contribution >= 0.6 is 0 Å².